The summed E-state index contributed by atoms with van der Waals surface area (Å²) in [4.78, 5) is 41.6. The molecule has 2 amide bonds. The standard InChI is InChI=1S/C15H11N5O5/c21-11-6-24-10-2-1-7(3-9(10)18-11)4-16-14(23)12-19-13(22)8-5-17-25-15(8)20-12/h1-3,5H,4,6H2,(H,16,23)(H,18,21)(H,19,20,22). The SMILES string of the molecule is O=C1COc2ccc(CNC(=O)c3nc4oncc4c(=O)[nH]3)cc2N1. The highest BCUT2D eigenvalue weighted by Gasteiger charge is 2.17. The van der Waals surface area contributed by atoms with Gasteiger partial charge in [0.25, 0.3) is 23.1 Å². The summed E-state index contributed by atoms with van der Waals surface area (Å²) in [5, 5.41) is 8.95. The molecule has 0 bridgehead atoms. The Kier molecular flexibility index (Phi) is 3.42. The number of fused-ring (bicyclic) bond motifs is 2. The smallest absolute Gasteiger partial charge is 0.287 e. The van der Waals surface area contributed by atoms with E-state index in [1.54, 1.807) is 18.2 Å². The maximum absolute atomic E-state index is 12.2. The molecule has 1 aromatic carbocycles. The maximum Gasteiger partial charge on any atom is 0.287 e. The minimum Gasteiger partial charge on any atom is -0.482 e. The largest absolute Gasteiger partial charge is 0.482 e. The van der Waals surface area contributed by atoms with Crippen LogP contribution in [0.15, 0.2) is 33.7 Å². The Balaban J connectivity index is 1.50. The van der Waals surface area contributed by atoms with Crippen molar-refractivity contribution in [3.63, 3.8) is 0 Å². The van der Waals surface area contributed by atoms with E-state index in [1.165, 1.54) is 6.20 Å². The summed E-state index contributed by atoms with van der Waals surface area (Å²) in [6.45, 7) is 0.145. The third kappa shape index (κ3) is 2.80. The molecule has 3 N–H and O–H groups in total. The average Bonchev–Trinajstić information content (AvgIpc) is 3.08. The fourth-order valence-electron chi connectivity index (χ4n) is 2.39. The van der Waals surface area contributed by atoms with E-state index < -0.39 is 11.5 Å². The van der Waals surface area contributed by atoms with Crippen molar-refractivity contribution >= 4 is 28.6 Å². The molecule has 0 unspecified atom stereocenters. The van der Waals surface area contributed by atoms with Crippen molar-refractivity contribution in [2.45, 2.75) is 6.54 Å². The van der Waals surface area contributed by atoms with E-state index in [1.807, 2.05) is 0 Å². The third-order valence-electron chi connectivity index (χ3n) is 3.59. The van der Waals surface area contributed by atoms with Gasteiger partial charge >= 0.3 is 0 Å². The number of nitrogens with zero attached hydrogens (tertiary/aromatic N) is 2. The lowest BCUT2D eigenvalue weighted by Crippen LogP contribution is -2.28. The Bertz CT molecular complexity index is 1050. The molecule has 3 aromatic rings. The second kappa shape index (κ2) is 5.74. The first-order chi connectivity index (χ1) is 12.1. The number of nitrogens with one attached hydrogen (secondary N) is 3. The van der Waals surface area contributed by atoms with E-state index in [2.05, 4.69) is 25.8 Å². The molecule has 126 valence electrons. The number of aromatic amines is 1. The molecule has 0 radical (unpaired) electrons. The molecule has 0 aliphatic carbocycles. The van der Waals surface area contributed by atoms with Crippen LogP contribution in [0.4, 0.5) is 5.69 Å². The highest BCUT2D eigenvalue weighted by Crippen LogP contribution is 2.28. The molecule has 0 fully saturated rings. The molecular weight excluding hydrogens is 330 g/mol. The summed E-state index contributed by atoms with van der Waals surface area (Å²) in [6, 6.07) is 5.16. The predicted octanol–water partition coefficient (Wildman–Crippen LogP) is 0.172. The number of H-pyrrole nitrogens is 1. The van der Waals surface area contributed by atoms with Crippen LogP contribution in [-0.2, 0) is 11.3 Å². The van der Waals surface area contributed by atoms with Gasteiger partial charge in [-0.25, -0.2) is 0 Å². The van der Waals surface area contributed by atoms with Crippen LogP contribution in [0.3, 0.4) is 0 Å². The van der Waals surface area contributed by atoms with Crippen molar-refractivity contribution in [3.8, 4) is 5.75 Å². The third-order valence-corrected chi connectivity index (χ3v) is 3.59. The zero-order valence-corrected chi connectivity index (χ0v) is 12.7. The molecule has 25 heavy (non-hydrogen) atoms. The number of aromatic nitrogens is 3. The summed E-state index contributed by atoms with van der Waals surface area (Å²) in [6.07, 6.45) is 1.23. The van der Waals surface area contributed by atoms with Gasteiger partial charge < -0.3 is 24.9 Å². The van der Waals surface area contributed by atoms with E-state index in [0.717, 1.165) is 5.56 Å². The second-order valence-corrected chi connectivity index (χ2v) is 5.31. The van der Waals surface area contributed by atoms with E-state index in [-0.39, 0.29) is 36.0 Å². The minimum atomic E-state index is -0.576. The van der Waals surface area contributed by atoms with Crippen LogP contribution in [-0.4, -0.2) is 33.5 Å². The van der Waals surface area contributed by atoms with Crippen LogP contribution in [0, 0.1) is 0 Å². The Morgan fingerprint density at radius 1 is 1.32 bits per heavy atom. The van der Waals surface area contributed by atoms with Gasteiger partial charge in [0.15, 0.2) is 6.61 Å². The van der Waals surface area contributed by atoms with Gasteiger partial charge in [0.2, 0.25) is 5.82 Å². The first-order valence-corrected chi connectivity index (χ1v) is 7.28. The summed E-state index contributed by atoms with van der Waals surface area (Å²) in [5.41, 5.74) is 0.756. The number of carbonyl (C=O) groups excluding carboxylic acids is 2. The van der Waals surface area contributed by atoms with Crippen LogP contribution < -0.4 is 20.9 Å². The number of ether oxygens (including phenoxy) is 1. The first kappa shape index (κ1) is 14.9. The van der Waals surface area contributed by atoms with Crippen molar-refractivity contribution in [1.29, 1.82) is 0 Å². The Labute approximate surface area is 139 Å². The second-order valence-electron chi connectivity index (χ2n) is 5.31. The maximum atomic E-state index is 12.2. The summed E-state index contributed by atoms with van der Waals surface area (Å²) >= 11 is 0. The lowest BCUT2D eigenvalue weighted by molar-refractivity contribution is -0.118. The fourth-order valence-corrected chi connectivity index (χ4v) is 2.39. The van der Waals surface area contributed by atoms with Crippen molar-refractivity contribution < 1.29 is 18.8 Å². The van der Waals surface area contributed by atoms with Crippen LogP contribution in [0.5, 0.6) is 5.75 Å². The normalized spacial score (nSPS) is 13.0. The summed E-state index contributed by atoms with van der Waals surface area (Å²) < 4.78 is 10.1. The quantitative estimate of drug-likeness (QED) is 0.617. The first-order valence-electron chi connectivity index (χ1n) is 7.28. The fraction of sp³-hybridized carbons (Fsp3) is 0.133. The number of rotatable bonds is 3. The summed E-state index contributed by atoms with van der Waals surface area (Å²) in [7, 11) is 0. The molecule has 2 aromatic heterocycles. The monoisotopic (exact) mass is 341 g/mol. The Morgan fingerprint density at radius 3 is 3.08 bits per heavy atom. The average molecular weight is 341 g/mol. The molecule has 1 aliphatic heterocycles. The van der Waals surface area contributed by atoms with Gasteiger partial charge in [-0.2, -0.15) is 4.98 Å². The zero-order valence-electron chi connectivity index (χ0n) is 12.7. The molecule has 0 spiro atoms. The van der Waals surface area contributed by atoms with Crippen molar-refractivity contribution in [2.24, 2.45) is 0 Å². The summed E-state index contributed by atoms with van der Waals surface area (Å²) in [5.74, 6) is -0.426. The lowest BCUT2D eigenvalue weighted by Gasteiger charge is -2.18. The number of benzene rings is 1. The van der Waals surface area contributed by atoms with E-state index in [9.17, 15) is 14.4 Å². The van der Waals surface area contributed by atoms with Gasteiger partial charge in [-0.05, 0) is 17.7 Å². The van der Waals surface area contributed by atoms with E-state index in [0.29, 0.717) is 11.4 Å². The highest BCUT2D eigenvalue weighted by molar-refractivity contribution is 5.95. The molecule has 3 heterocycles. The number of amides is 2. The Hall–Kier alpha value is -3.69. The highest BCUT2D eigenvalue weighted by atomic mass is 16.5. The van der Waals surface area contributed by atoms with E-state index in [4.69, 9.17) is 9.26 Å². The molecule has 1 aliphatic rings. The molecular formula is C15H11N5O5. The van der Waals surface area contributed by atoms with Gasteiger partial charge in [0, 0.05) is 6.54 Å². The van der Waals surface area contributed by atoms with Crippen LogP contribution in [0.1, 0.15) is 16.2 Å². The topological polar surface area (TPSA) is 139 Å². The van der Waals surface area contributed by atoms with Gasteiger partial charge in [-0.15, -0.1) is 0 Å². The molecule has 10 heteroatoms. The van der Waals surface area contributed by atoms with Gasteiger partial charge in [-0.1, -0.05) is 11.2 Å². The van der Waals surface area contributed by atoms with E-state index >= 15 is 0 Å². The number of hydrogen-bond acceptors (Lipinski definition) is 7. The van der Waals surface area contributed by atoms with Crippen LogP contribution in [0.2, 0.25) is 0 Å². The number of carbonyl (C=O) groups is 2. The van der Waals surface area contributed by atoms with Gasteiger partial charge in [0.05, 0.1) is 11.9 Å². The van der Waals surface area contributed by atoms with Gasteiger partial charge in [-0.3, -0.25) is 14.4 Å². The Morgan fingerprint density at radius 2 is 2.20 bits per heavy atom. The molecule has 0 saturated carbocycles. The minimum absolute atomic E-state index is 0.0115. The number of anilines is 1. The number of hydrogen-bond donors (Lipinski definition) is 3. The molecule has 0 saturated heterocycles. The van der Waals surface area contributed by atoms with Crippen LogP contribution in [0.25, 0.3) is 11.1 Å². The molecule has 10 nitrogen and oxygen atoms in total. The molecule has 0 atom stereocenters. The van der Waals surface area contributed by atoms with Crippen molar-refractivity contribution in [3.05, 3.63) is 46.1 Å². The zero-order chi connectivity index (χ0) is 17.4. The lowest BCUT2D eigenvalue weighted by atomic mass is 10.1. The predicted molar refractivity (Wildman–Crippen MR) is 84.2 cm³/mol. The van der Waals surface area contributed by atoms with Crippen molar-refractivity contribution in [1.82, 2.24) is 20.4 Å². The van der Waals surface area contributed by atoms with Crippen LogP contribution >= 0.6 is 0 Å². The van der Waals surface area contributed by atoms with Crippen molar-refractivity contribution in [2.75, 3.05) is 11.9 Å². The van der Waals surface area contributed by atoms with Gasteiger partial charge in [0.1, 0.15) is 11.1 Å². The molecule has 4 rings (SSSR count).